The first-order valence-corrected chi connectivity index (χ1v) is 11.1. The molecule has 1 aliphatic heterocycles. The molecular weight excluding hydrogens is 376 g/mol. The molecule has 3 aromatic rings. The molecule has 1 aliphatic carbocycles. The lowest BCUT2D eigenvalue weighted by molar-refractivity contribution is -0.133. The van der Waals surface area contributed by atoms with E-state index in [0.29, 0.717) is 18.6 Å². The predicted molar refractivity (Wildman–Crippen MR) is 116 cm³/mol. The van der Waals surface area contributed by atoms with Crippen molar-refractivity contribution in [2.45, 2.75) is 64.2 Å². The van der Waals surface area contributed by atoms with Crippen molar-refractivity contribution in [2.24, 2.45) is 11.8 Å². The van der Waals surface area contributed by atoms with Gasteiger partial charge in [-0.1, -0.05) is 25.5 Å². The molecule has 5 rings (SSSR count). The molecular formula is C24H30N4O2. The van der Waals surface area contributed by atoms with Crippen molar-refractivity contribution in [1.82, 2.24) is 20.2 Å². The van der Waals surface area contributed by atoms with Gasteiger partial charge in [0.05, 0.1) is 29.9 Å². The summed E-state index contributed by atoms with van der Waals surface area (Å²) in [5.41, 5.74) is 2.05. The van der Waals surface area contributed by atoms with Crippen molar-refractivity contribution in [3.05, 3.63) is 54.2 Å². The number of furan rings is 1. The van der Waals surface area contributed by atoms with Gasteiger partial charge in [-0.2, -0.15) is 0 Å². The molecule has 2 N–H and O–H groups in total. The summed E-state index contributed by atoms with van der Waals surface area (Å²) < 4.78 is 5.38. The van der Waals surface area contributed by atoms with E-state index >= 15 is 0 Å². The molecule has 4 unspecified atom stereocenters. The van der Waals surface area contributed by atoms with Gasteiger partial charge >= 0.3 is 0 Å². The third-order valence-corrected chi connectivity index (χ3v) is 7.28. The van der Waals surface area contributed by atoms with Crippen molar-refractivity contribution < 1.29 is 9.21 Å². The van der Waals surface area contributed by atoms with Gasteiger partial charge in [-0.3, -0.25) is 9.69 Å². The van der Waals surface area contributed by atoms with E-state index in [1.54, 1.807) is 6.26 Å². The second kappa shape index (κ2) is 7.91. The van der Waals surface area contributed by atoms with E-state index < -0.39 is 0 Å². The number of H-pyrrole nitrogens is 1. The Morgan fingerprint density at radius 2 is 2.07 bits per heavy atom. The van der Waals surface area contributed by atoms with Crippen LogP contribution in [0.3, 0.4) is 0 Å². The second-order valence-corrected chi connectivity index (χ2v) is 8.93. The second-order valence-electron chi connectivity index (χ2n) is 8.93. The summed E-state index contributed by atoms with van der Waals surface area (Å²) in [4.78, 5) is 24.3. The average Bonchev–Trinajstić information content (AvgIpc) is 3.37. The lowest BCUT2D eigenvalue weighted by Crippen LogP contribution is -2.57. The molecule has 6 heteroatoms. The number of aromatic amines is 1. The van der Waals surface area contributed by atoms with Gasteiger partial charge < -0.3 is 14.7 Å². The van der Waals surface area contributed by atoms with Crippen LogP contribution in [0, 0.1) is 11.8 Å². The third-order valence-electron chi connectivity index (χ3n) is 7.28. The Balaban J connectivity index is 1.42. The van der Waals surface area contributed by atoms with E-state index in [1.165, 1.54) is 19.3 Å². The largest absolute Gasteiger partial charge is 0.467 e. The van der Waals surface area contributed by atoms with E-state index in [1.807, 2.05) is 30.3 Å². The molecule has 3 heterocycles. The molecule has 0 spiro atoms. The molecule has 1 amide bonds. The van der Waals surface area contributed by atoms with Crippen LogP contribution >= 0.6 is 0 Å². The Kier molecular flexibility index (Phi) is 5.11. The fourth-order valence-electron chi connectivity index (χ4n) is 5.19. The number of fused-ring (bicyclic) bond motifs is 1. The summed E-state index contributed by atoms with van der Waals surface area (Å²) in [6.45, 7) is 4.94. The van der Waals surface area contributed by atoms with Crippen molar-refractivity contribution in [3.8, 4) is 0 Å². The monoisotopic (exact) mass is 406 g/mol. The zero-order chi connectivity index (χ0) is 20.7. The fraction of sp³-hybridized carbons (Fsp3) is 0.500. The van der Waals surface area contributed by atoms with Gasteiger partial charge in [0.1, 0.15) is 11.6 Å². The number of piperidine rings is 1. The first kappa shape index (κ1) is 19.4. The quantitative estimate of drug-likeness (QED) is 0.658. The SMILES string of the molecule is CC1C(C(=O)NCc2ccco2)CC(c2nc3ccccc3[nH]2)N(C2CCC2)C1C. The minimum Gasteiger partial charge on any atom is -0.467 e. The molecule has 2 aliphatic rings. The summed E-state index contributed by atoms with van der Waals surface area (Å²) in [7, 11) is 0. The predicted octanol–water partition coefficient (Wildman–Crippen LogP) is 4.41. The average molecular weight is 407 g/mol. The number of para-hydroxylation sites is 2. The molecule has 0 bridgehead atoms. The number of hydrogen-bond donors (Lipinski definition) is 2. The summed E-state index contributed by atoms with van der Waals surface area (Å²) >= 11 is 0. The number of rotatable bonds is 5. The number of imidazole rings is 1. The number of nitrogens with one attached hydrogen (secondary N) is 2. The zero-order valence-corrected chi connectivity index (χ0v) is 17.7. The Morgan fingerprint density at radius 3 is 2.77 bits per heavy atom. The van der Waals surface area contributed by atoms with Crippen molar-refractivity contribution in [2.75, 3.05) is 0 Å². The number of nitrogens with zero attached hydrogens (tertiary/aromatic N) is 2. The fourth-order valence-corrected chi connectivity index (χ4v) is 5.19. The standard InChI is InChI=1S/C24H30N4O2/c1-15-16(2)28(17-7-5-8-17)22(23-26-20-10-3-4-11-21(20)27-23)13-19(15)24(29)25-14-18-9-6-12-30-18/h3-4,6,9-12,15-17,19,22H,5,7-8,13-14H2,1-2H3,(H,25,29)(H,26,27). The molecule has 158 valence electrons. The summed E-state index contributed by atoms with van der Waals surface area (Å²) in [6.07, 6.45) is 6.20. The minimum atomic E-state index is -0.0514. The highest BCUT2D eigenvalue weighted by Gasteiger charge is 2.46. The van der Waals surface area contributed by atoms with E-state index in [9.17, 15) is 4.79 Å². The smallest absolute Gasteiger partial charge is 0.223 e. The number of carbonyl (C=O) groups is 1. The maximum atomic E-state index is 13.2. The van der Waals surface area contributed by atoms with Crippen LogP contribution in [-0.4, -0.2) is 32.9 Å². The number of amides is 1. The lowest BCUT2D eigenvalue weighted by Gasteiger charge is -2.52. The highest BCUT2D eigenvalue weighted by atomic mass is 16.3. The van der Waals surface area contributed by atoms with Crippen LogP contribution in [0.25, 0.3) is 11.0 Å². The summed E-state index contributed by atoms with van der Waals surface area (Å²) in [6, 6.07) is 13.0. The lowest BCUT2D eigenvalue weighted by atomic mass is 9.74. The van der Waals surface area contributed by atoms with E-state index in [-0.39, 0.29) is 23.8 Å². The van der Waals surface area contributed by atoms with Crippen molar-refractivity contribution in [3.63, 3.8) is 0 Å². The van der Waals surface area contributed by atoms with Gasteiger partial charge in [-0.25, -0.2) is 4.98 Å². The van der Waals surface area contributed by atoms with Crippen LogP contribution in [-0.2, 0) is 11.3 Å². The van der Waals surface area contributed by atoms with Gasteiger partial charge in [0.25, 0.3) is 0 Å². The van der Waals surface area contributed by atoms with Crippen LogP contribution in [0.2, 0.25) is 0 Å². The Bertz CT molecular complexity index is 974. The summed E-state index contributed by atoms with van der Waals surface area (Å²) in [5.74, 6) is 2.11. The van der Waals surface area contributed by atoms with Crippen molar-refractivity contribution >= 4 is 16.9 Å². The Hall–Kier alpha value is -2.60. The maximum Gasteiger partial charge on any atom is 0.223 e. The number of aromatic nitrogens is 2. The molecule has 1 saturated carbocycles. The number of likely N-dealkylation sites (tertiary alicyclic amines) is 1. The molecule has 1 saturated heterocycles. The molecule has 6 nitrogen and oxygen atoms in total. The van der Waals surface area contributed by atoms with Gasteiger partial charge in [0.2, 0.25) is 5.91 Å². The maximum absolute atomic E-state index is 13.2. The Morgan fingerprint density at radius 1 is 1.23 bits per heavy atom. The van der Waals surface area contributed by atoms with Crippen LogP contribution in [0.1, 0.15) is 57.2 Å². The van der Waals surface area contributed by atoms with Crippen LogP contribution in [0.4, 0.5) is 0 Å². The molecule has 4 atom stereocenters. The van der Waals surface area contributed by atoms with Crippen LogP contribution < -0.4 is 5.32 Å². The molecule has 0 radical (unpaired) electrons. The van der Waals surface area contributed by atoms with Gasteiger partial charge in [0.15, 0.2) is 0 Å². The van der Waals surface area contributed by atoms with Crippen LogP contribution in [0.15, 0.2) is 47.1 Å². The highest BCUT2D eigenvalue weighted by Crippen LogP contribution is 2.45. The van der Waals surface area contributed by atoms with E-state index in [0.717, 1.165) is 29.0 Å². The molecule has 1 aromatic carbocycles. The first-order valence-electron chi connectivity index (χ1n) is 11.1. The topological polar surface area (TPSA) is 74.2 Å². The van der Waals surface area contributed by atoms with Crippen LogP contribution in [0.5, 0.6) is 0 Å². The number of carbonyl (C=O) groups excluding carboxylic acids is 1. The third kappa shape index (κ3) is 3.43. The van der Waals surface area contributed by atoms with E-state index in [4.69, 9.17) is 9.40 Å². The van der Waals surface area contributed by atoms with Gasteiger partial charge in [-0.05, 0) is 56.4 Å². The number of hydrogen-bond acceptors (Lipinski definition) is 4. The molecule has 30 heavy (non-hydrogen) atoms. The highest BCUT2D eigenvalue weighted by molar-refractivity contribution is 5.79. The molecule has 2 fully saturated rings. The number of benzene rings is 1. The Labute approximate surface area is 177 Å². The minimum absolute atomic E-state index is 0.0514. The normalized spacial score (nSPS) is 27.8. The molecule has 2 aromatic heterocycles. The summed E-state index contributed by atoms with van der Waals surface area (Å²) in [5, 5.41) is 3.09. The zero-order valence-electron chi connectivity index (χ0n) is 17.7. The van der Waals surface area contributed by atoms with Crippen molar-refractivity contribution in [1.29, 1.82) is 0 Å². The van der Waals surface area contributed by atoms with Gasteiger partial charge in [-0.15, -0.1) is 0 Å². The van der Waals surface area contributed by atoms with Gasteiger partial charge in [0, 0.05) is 18.0 Å². The van der Waals surface area contributed by atoms with E-state index in [2.05, 4.69) is 35.1 Å². The first-order chi connectivity index (χ1) is 14.6.